The number of Topliss-reactive ketones (excluding diaryl/α,β-unsaturated/α-hetero) is 1. The van der Waals surface area contributed by atoms with Crippen LogP contribution in [0.3, 0.4) is 0 Å². The number of carbonyl (C=O) groups is 1. The summed E-state index contributed by atoms with van der Waals surface area (Å²) < 4.78 is 6.53. The third-order valence-corrected chi connectivity index (χ3v) is 4.64. The van der Waals surface area contributed by atoms with Crippen molar-refractivity contribution in [3.63, 3.8) is 0 Å². The Morgan fingerprint density at radius 1 is 1.33 bits per heavy atom. The summed E-state index contributed by atoms with van der Waals surface area (Å²) in [6.45, 7) is 2.11. The Morgan fingerprint density at radius 2 is 2.17 bits per heavy atom. The number of ketones is 1. The SMILES string of the molecule is CCO[C@]12ON=C(c3cccc(Cl)c3)N1c1ccc(Br)cc1C2=O. The van der Waals surface area contributed by atoms with E-state index in [4.69, 9.17) is 21.2 Å². The minimum atomic E-state index is -1.59. The summed E-state index contributed by atoms with van der Waals surface area (Å²) in [5, 5.41) is 4.70. The van der Waals surface area contributed by atoms with Gasteiger partial charge >= 0.3 is 5.91 Å². The molecular weight excluding hydrogens is 396 g/mol. The molecule has 0 aromatic heterocycles. The molecule has 2 aromatic rings. The second-order valence-electron chi connectivity index (χ2n) is 5.36. The van der Waals surface area contributed by atoms with Crippen LogP contribution in [0, 0.1) is 0 Å². The van der Waals surface area contributed by atoms with Crippen LogP contribution in [0.1, 0.15) is 22.8 Å². The van der Waals surface area contributed by atoms with Crippen LogP contribution in [-0.2, 0) is 9.57 Å². The second kappa shape index (κ2) is 5.58. The Hall–Kier alpha value is -1.89. The summed E-state index contributed by atoms with van der Waals surface area (Å²) in [5.41, 5.74) is 1.95. The molecule has 7 heteroatoms. The predicted octanol–water partition coefficient (Wildman–Crippen LogP) is 4.19. The molecule has 2 aromatic carbocycles. The zero-order valence-electron chi connectivity index (χ0n) is 12.6. The zero-order valence-corrected chi connectivity index (χ0v) is 15.0. The largest absolute Gasteiger partial charge is 0.390 e. The highest BCUT2D eigenvalue weighted by Gasteiger charge is 2.61. The number of nitrogens with zero attached hydrogens (tertiary/aromatic N) is 2. The smallest absolute Gasteiger partial charge is 0.327 e. The maximum absolute atomic E-state index is 13.0. The van der Waals surface area contributed by atoms with Crippen molar-refractivity contribution < 1.29 is 14.4 Å². The van der Waals surface area contributed by atoms with E-state index >= 15 is 0 Å². The van der Waals surface area contributed by atoms with Crippen LogP contribution < -0.4 is 4.90 Å². The van der Waals surface area contributed by atoms with Crippen molar-refractivity contribution in [2.24, 2.45) is 5.16 Å². The number of oxime groups is 1. The van der Waals surface area contributed by atoms with Gasteiger partial charge < -0.3 is 9.57 Å². The lowest BCUT2D eigenvalue weighted by molar-refractivity contribution is -0.178. The summed E-state index contributed by atoms with van der Waals surface area (Å²) in [6, 6.07) is 12.7. The highest BCUT2D eigenvalue weighted by molar-refractivity contribution is 9.10. The highest BCUT2D eigenvalue weighted by Crippen LogP contribution is 2.45. The molecule has 0 saturated carbocycles. The molecule has 2 aliphatic heterocycles. The number of carbonyl (C=O) groups excluding carboxylic acids is 1. The van der Waals surface area contributed by atoms with Gasteiger partial charge in [0.15, 0.2) is 5.84 Å². The maximum atomic E-state index is 13.0. The first-order valence-corrected chi connectivity index (χ1v) is 8.54. The van der Waals surface area contributed by atoms with Crippen molar-refractivity contribution in [2.45, 2.75) is 12.8 Å². The number of anilines is 1. The van der Waals surface area contributed by atoms with Gasteiger partial charge in [-0.15, -0.1) is 0 Å². The molecule has 0 unspecified atom stereocenters. The topological polar surface area (TPSA) is 51.1 Å². The molecule has 0 spiro atoms. The lowest BCUT2D eigenvalue weighted by Crippen LogP contribution is -2.52. The van der Waals surface area contributed by atoms with Crippen LogP contribution in [0.15, 0.2) is 52.1 Å². The molecule has 2 aliphatic rings. The van der Waals surface area contributed by atoms with Gasteiger partial charge in [0.1, 0.15) is 0 Å². The van der Waals surface area contributed by atoms with Crippen molar-refractivity contribution in [1.29, 1.82) is 0 Å². The first-order valence-electron chi connectivity index (χ1n) is 7.37. The minimum absolute atomic E-state index is 0.276. The molecule has 2 heterocycles. The van der Waals surface area contributed by atoms with Gasteiger partial charge in [0.05, 0.1) is 17.9 Å². The summed E-state index contributed by atoms with van der Waals surface area (Å²) in [6.07, 6.45) is 0. The Labute approximate surface area is 151 Å². The number of hydrogen-bond acceptors (Lipinski definition) is 5. The second-order valence-corrected chi connectivity index (χ2v) is 6.71. The first-order chi connectivity index (χ1) is 11.6. The van der Waals surface area contributed by atoms with E-state index in [-0.39, 0.29) is 5.78 Å². The monoisotopic (exact) mass is 406 g/mol. The van der Waals surface area contributed by atoms with Crippen LogP contribution in [-0.4, -0.2) is 24.1 Å². The number of hydrogen-bond donors (Lipinski definition) is 0. The third-order valence-electron chi connectivity index (χ3n) is 3.92. The molecule has 1 atom stereocenters. The molecule has 0 saturated heterocycles. The molecule has 0 bridgehead atoms. The number of halogens is 2. The fraction of sp³-hybridized carbons (Fsp3) is 0.176. The number of benzene rings is 2. The molecule has 4 rings (SSSR count). The lowest BCUT2D eigenvalue weighted by Gasteiger charge is -2.28. The molecule has 0 radical (unpaired) electrons. The van der Waals surface area contributed by atoms with E-state index < -0.39 is 5.91 Å². The predicted molar refractivity (Wildman–Crippen MR) is 94.4 cm³/mol. The number of fused-ring (bicyclic) bond motifs is 3. The van der Waals surface area contributed by atoms with Crippen molar-refractivity contribution in [3.8, 4) is 0 Å². The van der Waals surface area contributed by atoms with E-state index in [1.54, 1.807) is 30.0 Å². The van der Waals surface area contributed by atoms with Crippen LogP contribution in [0.2, 0.25) is 5.02 Å². The van der Waals surface area contributed by atoms with Gasteiger partial charge in [0.2, 0.25) is 0 Å². The number of rotatable bonds is 3. The Morgan fingerprint density at radius 3 is 2.92 bits per heavy atom. The van der Waals surface area contributed by atoms with Crippen molar-refractivity contribution in [2.75, 3.05) is 11.5 Å². The molecule has 0 amide bonds. The Balaban J connectivity index is 1.89. The standard InChI is InChI=1S/C17H12BrClN2O3/c1-2-23-17-15(22)13-9-11(18)6-7-14(13)21(17)16(20-24-17)10-4-3-5-12(19)8-10/h3-9H,2H2,1H3/t17-/m1/s1. The van der Waals surface area contributed by atoms with Crippen molar-refractivity contribution >= 4 is 44.8 Å². The zero-order chi connectivity index (χ0) is 16.9. The molecule has 5 nitrogen and oxygen atoms in total. The molecule has 0 N–H and O–H groups in total. The molecule has 24 heavy (non-hydrogen) atoms. The van der Waals surface area contributed by atoms with Gasteiger partial charge in [0.25, 0.3) is 5.78 Å². The van der Waals surface area contributed by atoms with Crippen LogP contribution in [0.25, 0.3) is 0 Å². The Kier molecular flexibility index (Phi) is 3.63. The lowest BCUT2D eigenvalue weighted by atomic mass is 10.1. The van der Waals surface area contributed by atoms with Crippen LogP contribution in [0.4, 0.5) is 5.69 Å². The summed E-state index contributed by atoms with van der Waals surface area (Å²) in [7, 11) is 0. The van der Waals surface area contributed by atoms with Gasteiger partial charge in [-0.1, -0.05) is 44.8 Å². The van der Waals surface area contributed by atoms with E-state index in [0.717, 1.165) is 10.0 Å². The average molecular weight is 408 g/mol. The molecule has 122 valence electrons. The minimum Gasteiger partial charge on any atom is -0.327 e. The first kappa shape index (κ1) is 15.6. The van der Waals surface area contributed by atoms with Crippen LogP contribution >= 0.6 is 27.5 Å². The highest BCUT2D eigenvalue weighted by atomic mass is 79.9. The number of ether oxygens (including phenoxy) is 1. The van der Waals surface area contributed by atoms with E-state index in [1.165, 1.54) is 0 Å². The maximum Gasteiger partial charge on any atom is 0.390 e. The summed E-state index contributed by atoms with van der Waals surface area (Å²) in [5.74, 6) is -1.38. The number of amidine groups is 1. The normalized spacial score (nSPS) is 21.4. The quantitative estimate of drug-likeness (QED) is 0.766. The van der Waals surface area contributed by atoms with E-state index in [9.17, 15) is 4.79 Å². The molecular formula is C17H12BrClN2O3. The van der Waals surface area contributed by atoms with E-state index in [0.29, 0.717) is 28.7 Å². The van der Waals surface area contributed by atoms with Crippen molar-refractivity contribution in [1.82, 2.24) is 0 Å². The fourth-order valence-corrected chi connectivity index (χ4v) is 3.51. The van der Waals surface area contributed by atoms with Crippen LogP contribution in [0.5, 0.6) is 0 Å². The molecule has 0 aliphatic carbocycles. The molecule has 0 fully saturated rings. The average Bonchev–Trinajstić information content (AvgIpc) is 3.04. The summed E-state index contributed by atoms with van der Waals surface area (Å²) in [4.78, 5) is 20.2. The summed E-state index contributed by atoms with van der Waals surface area (Å²) >= 11 is 9.49. The van der Waals surface area contributed by atoms with Gasteiger partial charge in [-0.3, -0.25) is 9.69 Å². The van der Waals surface area contributed by atoms with Gasteiger partial charge in [-0.25, -0.2) is 0 Å². The van der Waals surface area contributed by atoms with E-state index in [2.05, 4.69) is 21.1 Å². The van der Waals surface area contributed by atoms with Gasteiger partial charge in [-0.05, 0) is 37.3 Å². The van der Waals surface area contributed by atoms with Gasteiger partial charge in [0, 0.05) is 15.1 Å². The van der Waals surface area contributed by atoms with Gasteiger partial charge in [-0.2, -0.15) is 0 Å². The van der Waals surface area contributed by atoms with Crippen molar-refractivity contribution in [3.05, 3.63) is 63.1 Å². The third kappa shape index (κ3) is 2.10. The van der Waals surface area contributed by atoms with E-state index in [1.807, 2.05) is 24.3 Å². The fourth-order valence-electron chi connectivity index (χ4n) is 2.96. The Bertz CT molecular complexity index is 886.